The van der Waals surface area contributed by atoms with E-state index >= 15 is 0 Å². The van der Waals surface area contributed by atoms with Gasteiger partial charge in [0.15, 0.2) is 5.78 Å². The van der Waals surface area contributed by atoms with Crippen molar-refractivity contribution in [2.24, 2.45) is 0 Å². The highest BCUT2D eigenvalue weighted by Gasteiger charge is 2.11. The molecular weight excluding hydrogens is 208 g/mol. The second-order valence-electron chi connectivity index (χ2n) is 3.26. The van der Waals surface area contributed by atoms with Crippen LogP contribution < -0.4 is 0 Å². The van der Waals surface area contributed by atoms with Gasteiger partial charge in [-0.15, -0.1) is 0 Å². The molecule has 0 saturated heterocycles. The smallest absolute Gasteiger partial charge is 0.185 e. The van der Waals surface area contributed by atoms with Crippen molar-refractivity contribution in [2.75, 3.05) is 0 Å². The van der Waals surface area contributed by atoms with Gasteiger partial charge >= 0.3 is 0 Å². The average molecular weight is 220 g/mol. The zero-order chi connectivity index (χ0) is 10.7. The summed E-state index contributed by atoms with van der Waals surface area (Å²) in [5.41, 5.74) is 1.78. The number of carbonyl (C=O) groups excluding carboxylic acids is 1. The van der Waals surface area contributed by atoms with Gasteiger partial charge in [0, 0.05) is 19.2 Å². The lowest BCUT2D eigenvalue weighted by atomic mass is 10.1. The first-order valence-corrected chi connectivity index (χ1v) is 5.81. The monoisotopic (exact) mass is 220 g/mol. The molecule has 15 heavy (non-hydrogen) atoms. The molecule has 0 aliphatic heterocycles. The maximum Gasteiger partial charge on any atom is 0.185 e. The second kappa shape index (κ2) is 4.40. The van der Waals surface area contributed by atoms with Crippen LogP contribution in [0.25, 0.3) is 0 Å². The Balaban J connectivity index is 2.15. The average Bonchev–Trinajstić information content (AvgIpc) is 2.86. The van der Waals surface area contributed by atoms with Gasteiger partial charge in [0.2, 0.25) is 0 Å². The van der Waals surface area contributed by atoms with Crippen molar-refractivity contribution in [3.63, 3.8) is 0 Å². The zero-order valence-corrected chi connectivity index (χ0v) is 9.33. The summed E-state index contributed by atoms with van der Waals surface area (Å²) in [5, 5.41) is 8.07. The Labute approximate surface area is 92.4 Å². The molecule has 0 aliphatic carbocycles. The van der Waals surface area contributed by atoms with Crippen molar-refractivity contribution in [2.45, 2.75) is 19.9 Å². The topological polar surface area (TPSA) is 34.9 Å². The Bertz CT molecular complexity index is 445. The van der Waals surface area contributed by atoms with E-state index in [4.69, 9.17) is 0 Å². The molecule has 0 amide bonds. The van der Waals surface area contributed by atoms with E-state index in [1.807, 2.05) is 23.8 Å². The van der Waals surface area contributed by atoms with E-state index in [9.17, 15) is 4.79 Å². The first-order valence-electron chi connectivity index (χ1n) is 4.87. The van der Waals surface area contributed by atoms with Gasteiger partial charge in [-0.25, -0.2) is 0 Å². The molecule has 0 N–H and O–H groups in total. The van der Waals surface area contributed by atoms with Gasteiger partial charge in [-0.05, 0) is 35.4 Å². The fourth-order valence-electron chi connectivity index (χ4n) is 1.49. The van der Waals surface area contributed by atoms with E-state index in [0.717, 1.165) is 12.1 Å². The number of rotatable bonds is 4. The maximum atomic E-state index is 11.9. The Morgan fingerprint density at radius 2 is 2.40 bits per heavy atom. The fourth-order valence-corrected chi connectivity index (χ4v) is 2.16. The molecule has 0 aromatic carbocycles. The lowest BCUT2D eigenvalue weighted by molar-refractivity contribution is 0.0983. The number of nitrogens with zero attached hydrogens (tertiary/aromatic N) is 2. The Hall–Kier alpha value is -1.42. The van der Waals surface area contributed by atoms with Gasteiger partial charge in [-0.2, -0.15) is 16.4 Å². The highest BCUT2D eigenvalue weighted by molar-refractivity contribution is 7.08. The van der Waals surface area contributed by atoms with Crippen LogP contribution in [0.2, 0.25) is 0 Å². The van der Waals surface area contributed by atoms with Crippen molar-refractivity contribution >= 4 is 17.1 Å². The van der Waals surface area contributed by atoms with Crippen molar-refractivity contribution in [3.05, 3.63) is 40.3 Å². The molecular formula is C11H12N2OS. The molecule has 0 aliphatic rings. The minimum atomic E-state index is 0.132. The number of Topliss-reactive ketones (excluding diaryl/α,β-unsaturated/α-hetero) is 1. The normalized spacial score (nSPS) is 10.5. The van der Waals surface area contributed by atoms with Crippen LogP contribution in [0.4, 0.5) is 0 Å². The summed E-state index contributed by atoms with van der Waals surface area (Å²) in [4.78, 5) is 11.9. The summed E-state index contributed by atoms with van der Waals surface area (Å²) < 4.78 is 1.73. The van der Waals surface area contributed by atoms with Gasteiger partial charge in [-0.1, -0.05) is 0 Å². The first kappa shape index (κ1) is 10.1. The minimum Gasteiger partial charge on any atom is -0.292 e. The fraction of sp³-hybridized carbons (Fsp3) is 0.273. The zero-order valence-electron chi connectivity index (χ0n) is 8.51. The SMILES string of the molecule is CCn1nccc1C(=O)Cc1ccsc1. The molecule has 0 fully saturated rings. The molecule has 0 bridgehead atoms. The summed E-state index contributed by atoms with van der Waals surface area (Å²) >= 11 is 1.61. The van der Waals surface area contributed by atoms with Gasteiger partial charge < -0.3 is 0 Å². The van der Waals surface area contributed by atoms with E-state index in [2.05, 4.69) is 5.10 Å². The molecule has 2 aromatic rings. The van der Waals surface area contributed by atoms with Crippen molar-refractivity contribution in [3.8, 4) is 0 Å². The Kier molecular flexibility index (Phi) is 2.97. The van der Waals surface area contributed by atoms with Crippen LogP contribution in [-0.4, -0.2) is 15.6 Å². The van der Waals surface area contributed by atoms with Crippen LogP contribution in [0.1, 0.15) is 23.0 Å². The predicted octanol–water partition coefficient (Wildman–Crippen LogP) is 2.39. The number of aryl methyl sites for hydroxylation is 1. The van der Waals surface area contributed by atoms with Crippen molar-refractivity contribution in [1.29, 1.82) is 0 Å². The van der Waals surface area contributed by atoms with E-state index in [0.29, 0.717) is 12.1 Å². The lowest BCUT2D eigenvalue weighted by Gasteiger charge is -2.02. The third-order valence-corrected chi connectivity index (χ3v) is 2.98. The van der Waals surface area contributed by atoms with Crippen LogP contribution >= 0.6 is 11.3 Å². The minimum absolute atomic E-state index is 0.132. The Morgan fingerprint density at radius 1 is 1.53 bits per heavy atom. The van der Waals surface area contributed by atoms with Crippen LogP contribution in [0.15, 0.2) is 29.1 Å². The van der Waals surface area contributed by atoms with E-state index < -0.39 is 0 Å². The second-order valence-corrected chi connectivity index (χ2v) is 4.04. The van der Waals surface area contributed by atoms with Crippen LogP contribution in [0.5, 0.6) is 0 Å². The van der Waals surface area contributed by atoms with Gasteiger partial charge in [-0.3, -0.25) is 9.48 Å². The first-order chi connectivity index (χ1) is 7.31. The molecule has 0 atom stereocenters. The molecule has 2 heterocycles. The standard InChI is InChI=1S/C11H12N2OS/c1-2-13-10(3-5-12-13)11(14)7-9-4-6-15-8-9/h3-6,8H,2,7H2,1H3. The number of ketones is 1. The molecule has 4 heteroatoms. The molecule has 0 unspecified atom stereocenters. The summed E-state index contributed by atoms with van der Waals surface area (Å²) in [6.07, 6.45) is 2.14. The van der Waals surface area contributed by atoms with Crippen LogP contribution in [0, 0.1) is 0 Å². The van der Waals surface area contributed by atoms with Crippen molar-refractivity contribution in [1.82, 2.24) is 9.78 Å². The third-order valence-electron chi connectivity index (χ3n) is 2.25. The van der Waals surface area contributed by atoms with Gasteiger partial charge in [0.1, 0.15) is 5.69 Å². The predicted molar refractivity (Wildman–Crippen MR) is 60.3 cm³/mol. The number of thiophene rings is 1. The van der Waals surface area contributed by atoms with Crippen molar-refractivity contribution < 1.29 is 4.79 Å². The molecule has 0 spiro atoms. The summed E-state index contributed by atoms with van der Waals surface area (Å²) in [6, 6.07) is 3.76. The molecule has 2 rings (SSSR count). The van der Waals surface area contributed by atoms with Crippen LogP contribution in [0.3, 0.4) is 0 Å². The highest BCUT2D eigenvalue weighted by atomic mass is 32.1. The molecule has 0 radical (unpaired) electrons. The van der Waals surface area contributed by atoms with E-state index in [-0.39, 0.29) is 5.78 Å². The molecule has 78 valence electrons. The molecule has 3 nitrogen and oxygen atoms in total. The highest BCUT2D eigenvalue weighted by Crippen LogP contribution is 2.10. The van der Waals surface area contributed by atoms with Gasteiger partial charge in [0.25, 0.3) is 0 Å². The number of carbonyl (C=O) groups is 1. The Morgan fingerprint density at radius 3 is 3.07 bits per heavy atom. The maximum absolute atomic E-state index is 11.9. The quantitative estimate of drug-likeness (QED) is 0.741. The number of aromatic nitrogens is 2. The summed E-state index contributed by atoms with van der Waals surface area (Å²) in [5.74, 6) is 0.132. The molecule has 0 saturated carbocycles. The van der Waals surface area contributed by atoms with E-state index in [1.54, 1.807) is 28.3 Å². The van der Waals surface area contributed by atoms with Gasteiger partial charge in [0.05, 0.1) is 0 Å². The third kappa shape index (κ3) is 2.15. The van der Waals surface area contributed by atoms with Crippen LogP contribution in [-0.2, 0) is 13.0 Å². The lowest BCUT2D eigenvalue weighted by Crippen LogP contribution is -2.11. The summed E-state index contributed by atoms with van der Waals surface area (Å²) in [7, 11) is 0. The molecule has 2 aromatic heterocycles. The van der Waals surface area contributed by atoms with E-state index in [1.165, 1.54) is 0 Å². The largest absolute Gasteiger partial charge is 0.292 e. The number of hydrogen-bond acceptors (Lipinski definition) is 3. The summed E-state index contributed by atoms with van der Waals surface area (Å²) in [6.45, 7) is 2.71. The number of hydrogen-bond donors (Lipinski definition) is 0.